The van der Waals surface area contributed by atoms with Crippen molar-refractivity contribution in [1.82, 2.24) is 0 Å². The molecule has 0 aliphatic heterocycles. The first-order valence-corrected chi connectivity index (χ1v) is 9.53. The van der Waals surface area contributed by atoms with Gasteiger partial charge in [0, 0.05) is 10.8 Å². The van der Waals surface area contributed by atoms with Crippen LogP contribution >= 0.6 is 0 Å². The van der Waals surface area contributed by atoms with Crippen LogP contribution in [0.1, 0.15) is 49.9 Å². The molecule has 0 aliphatic rings. The minimum absolute atomic E-state index is 0.0235. The minimum atomic E-state index is -0.774. The molecule has 3 aromatic carbocycles. The first-order chi connectivity index (χ1) is 13.9. The van der Waals surface area contributed by atoms with E-state index in [9.17, 15) is 19.0 Å². The Bertz CT molecular complexity index is 993. The van der Waals surface area contributed by atoms with Gasteiger partial charge in [-0.05, 0) is 46.5 Å². The Hall–Kier alpha value is -3.28. The van der Waals surface area contributed by atoms with E-state index in [0.29, 0.717) is 11.1 Å². The lowest BCUT2D eigenvalue weighted by Crippen LogP contribution is -2.23. The van der Waals surface area contributed by atoms with Crippen LogP contribution < -0.4 is 11.5 Å². The molecular formula is C24H26F2N2O2. The highest BCUT2D eigenvalue weighted by atomic mass is 19.1. The Labute approximate surface area is 174 Å². The van der Waals surface area contributed by atoms with E-state index in [1.165, 1.54) is 12.1 Å². The zero-order valence-corrected chi connectivity index (χ0v) is 17.4. The summed E-state index contributed by atoms with van der Waals surface area (Å²) in [5.74, 6) is -2.66. The summed E-state index contributed by atoms with van der Waals surface area (Å²) in [6.07, 6.45) is 0. The Morgan fingerprint density at radius 3 is 1.33 bits per heavy atom. The van der Waals surface area contributed by atoms with Crippen molar-refractivity contribution in [2.45, 2.75) is 38.5 Å². The molecule has 0 aromatic heterocycles. The summed E-state index contributed by atoms with van der Waals surface area (Å²) in [7, 11) is 0. The highest BCUT2D eigenvalue weighted by molar-refractivity contribution is 5.58. The van der Waals surface area contributed by atoms with Crippen LogP contribution in [0.5, 0.6) is 11.5 Å². The fourth-order valence-corrected chi connectivity index (χ4v) is 3.59. The lowest BCUT2D eigenvalue weighted by molar-refractivity contribution is 0.433. The monoisotopic (exact) mass is 412 g/mol. The maximum Gasteiger partial charge on any atom is 0.174 e. The van der Waals surface area contributed by atoms with Gasteiger partial charge in [-0.2, -0.15) is 0 Å². The summed E-state index contributed by atoms with van der Waals surface area (Å²) in [4.78, 5) is 0. The number of halogens is 2. The van der Waals surface area contributed by atoms with Crippen LogP contribution in [0.25, 0.3) is 0 Å². The fraction of sp³-hybridized carbons (Fsp3) is 0.250. The van der Waals surface area contributed by atoms with Crippen molar-refractivity contribution >= 4 is 11.4 Å². The van der Waals surface area contributed by atoms with E-state index in [0.717, 1.165) is 11.1 Å². The number of nitrogens with two attached hydrogens (primary N) is 2. The summed E-state index contributed by atoms with van der Waals surface area (Å²) in [5, 5.41) is 19.3. The molecule has 0 saturated heterocycles. The molecule has 3 aromatic rings. The second-order valence-corrected chi connectivity index (χ2v) is 8.62. The molecule has 0 atom stereocenters. The van der Waals surface area contributed by atoms with Gasteiger partial charge in [0.2, 0.25) is 0 Å². The lowest BCUT2D eigenvalue weighted by Gasteiger charge is -2.31. The van der Waals surface area contributed by atoms with Crippen molar-refractivity contribution in [2.75, 3.05) is 11.5 Å². The largest absolute Gasteiger partial charge is 0.503 e. The van der Waals surface area contributed by atoms with E-state index in [1.807, 2.05) is 52.0 Å². The summed E-state index contributed by atoms with van der Waals surface area (Å²) in [6, 6.07) is 13.4. The van der Waals surface area contributed by atoms with Crippen LogP contribution in [-0.2, 0) is 10.8 Å². The molecule has 0 bridgehead atoms. The quantitative estimate of drug-likeness (QED) is 0.350. The number of hydrogen-bond acceptors (Lipinski definition) is 4. The van der Waals surface area contributed by atoms with Gasteiger partial charge in [0.15, 0.2) is 23.1 Å². The van der Waals surface area contributed by atoms with Gasteiger partial charge in [0.25, 0.3) is 0 Å². The molecule has 0 radical (unpaired) electrons. The Balaban J connectivity index is 2.09. The molecular weight excluding hydrogens is 386 g/mol. The third kappa shape index (κ3) is 3.54. The van der Waals surface area contributed by atoms with Gasteiger partial charge in [-0.25, -0.2) is 8.78 Å². The van der Waals surface area contributed by atoms with Gasteiger partial charge in [0.05, 0.1) is 11.4 Å². The standard InChI is InChI=1S/C24H26F2N2O2/c1-23(2,15-9-17(25)21(29)19(27)11-15)13-6-5-7-14(8-13)24(3,4)16-10-18(26)22(30)20(28)12-16/h5-12,29-30H,27-28H2,1-4H3. The van der Waals surface area contributed by atoms with Crippen LogP contribution in [0.4, 0.5) is 20.2 Å². The number of hydrogen-bond donors (Lipinski definition) is 4. The number of aromatic hydroxyl groups is 2. The molecule has 0 aliphatic carbocycles. The summed E-state index contributed by atoms with van der Waals surface area (Å²) < 4.78 is 28.2. The topological polar surface area (TPSA) is 92.5 Å². The number of phenols is 2. The van der Waals surface area contributed by atoms with Crippen molar-refractivity contribution < 1.29 is 19.0 Å². The van der Waals surface area contributed by atoms with Crippen LogP contribution in [0.3, 0.4) is 0 Å². The van der Waals surface area contributed by atoms with E-state index >= 15 is 0 Å². The van der Waals surface area contributed by atoms with Gasteiger partial charge in [-0.1, -0.05) is 52.0 Å². The third-order valence-corrected chi connectivity index (χ3v) is 5.94. The van der Waals surface area contributed by atoms with E-state index in [4.69, 9.17) is 11.5 Å². The van der Waals surface area contributed by atoms with Crippen molar-refractivity contribution in [3.63, 3.8) is 0 Å². The average molecular weight is 412 g/mol. The van der Waals surface area contributed by atoms with Gasteiger partial charge in [-0.3, -0.25) is 0 Å². The first kappa shape index (κ1) is 21.4. The molecule has 0 heterocycles. The number of rotatable bonds is 4. The van der Waals surface area contributed by atoms with Gasteiger partial charge in [0.1, 0.15) is 0 Å². The predicted octanol–water partition coefficient (Wildman–Crippen LogP) is 5.19. The van der Waals surface area contributed by atoms with Crippen molar-refractivity contribution in [2.24, 2.45) is 0 Å². The maximum absolute atomic E-state index is 14.1. The van der Waals surface area contributed by atoms with Gasteiger partial charge < -0.3 is 21.7 Å². The second-order valence-electron chi connectivity index (χ2n) is 8.62. The number of nitrogen functional groups attached to an aromatic ring is 2. The highest BCUT2D eigenvalue weighted by Gasteiger charge is 2.29. The zero-order valence-electron chi connectivity index (χ0n) is 17.4. The van der Waals surface area contributed by atoms with E-state index in [2.05, 4.69) is 0 Å². The normalized spacial score (nSPS) is 12.2. The molecule has 6 N–H and O–H groups in total. The van der Waals surface area contributed by atoms with Gasteiger partial charge >= 0.3 is 0 Å². The molecule has 0 unspecified atom stereocenters. The van der Waals surface area contributed by atoms with E-state index in [1.54, 1.807) is 12.1 Å². The molecule has 3 rings (SSSR count). The average Bonchev–Trinajstić information content (AvgIpc) is 2.69. The molecule has 30 heavy (non-hydrogen) atoms. The van der Waals surface area contributed by atoms with Crippen LogP contribution in [-0.4, -0.2) is 10.2 Å². The van der Waals surface area contributed by atoms with Gasteiger partial charge in [-0.15, -0.1) is 0 Å². The smallest absolute Gasteiger partial charge is 0.174 e. The first-order valence-electron chi connectivity index (χ1n) is 9.53. The predicted molar refractivity (Wildman–Crippen MR) is 116 cm³/mol. The van der Waals surface area contributed by atoms with Crippen LogP contribution in [0.2, 0.25) is 0 Å². The molecule has 0 amide bonds. The molecule has 0 fully saturated rings. The Morgan fingerprint density at radius 2 is 1.00 bits per heavy atom. The summed E-state index contributed by atoms with van der Waals surface area (Å²) >= 11 is 0. The molecule has 0 spiro atoms. The van der Waals surface area contributed by atoms with E-state index in [-0.39, 0.29) is 11.4 Å². The van der Waals surface area contributed by atoms with Crippen molar-refractivity contribution in [3.8, 4) is 11.5 Å². The third-order valence-electron chi connectivity index (χ3n) is 5.94. The van der Waals surface area contributed by atoms with Crippen molar-refractivity contribution in [1.29, 1.82) is 0 Å². The summed E-state index contributed by atoms with van der Waals surface area (Å²) in [6.45, 7) is 7.73. The summed E-state index contributed by atoms with van der Waals surface area (Å²) in [5.41, 5.74) is 13.2. The molecule has 0 saturated carbocycles. The van der Waals surface area contributed by atoms with Crippen LogP contribution in [0.15, 0.2) is 48.5 Å². The molecule has 158 valence electrons. The fourth-order valence-electron chi connectivity index (χ4n) is 3.59. The lowest BCUT2D eigenvalue weighted by atomic mass is 9.73. The second kappa shape index (κ2) is 7.20. The Morgan fingerprint density at radius 1 is 0.633 bits per heavy atom. The Kier molecular flexibility index (Phi) is 5.14. The highest BCUT2D eigenvalue weighted by Crippen LogP contribution is 2.40. The molecule has 4 nitrogen and oxygen atoms in total. The number of benzene rings is 3. The van der Waals surface area contributed by atoms with E-state index < -0.39 is 34.0 Å². The SMILES string of the molecule is CC(C)(c1cccc(C(C)(C)c2cc(N)c(O)c(F)c2)c1)c1cc(N)c(O)c(F)c1. The van der Waals surface area contributed by atoms with Crippen molar-refractivity contribution in [3.05, 3.63) is 82.4 Å². The minimum Gasteiger partial charge on any atom is -0.503 e. The number of anilines is 2. The molecule has 6 heteroatoms. The zero-order chi connectivity index (χ0) is 22.4. The maximum atomic E-state index is 14.1. The number of phenolic OH excluding ortho intramolecular Hbond substituents is 2. The van der Waals surface area contributed by atoms with Crippen LogP contribution in [0, 0.1) is 11.6 Å².